The van der Waals surface area contributed by atoms with Crippen LogP contribution < -0.4 is 10.1 Å². The fourth-order valence-corrected chi connectivity index (χ4v) is 2.19. The van der Waals surface area contributed by atoms with Gasteiger partial charge in [0.25, 0.3) is 0 Å². The van der Waals surface area contributed by atoms with E-state index in [9.17, 15) is 0 Å². The molecule has 0 amide bonds. The lowest BCUT2D eigenvalue weighted by Crippen LogP contribution is -2.22. The van der Waals surface area contributed by atoms with Crippen molar-refractivity contribution in [3.05, 3.63) is 58.9 Å². The Balaban J connectivity index is 1.98. The van der Waals surface area contributed by atoms with E-state index in [1.165, 1.54) is 11.1 Å². The molecule has 0 saturated heterocycles. The highest BCUT2D eigenvalue weighted by Gasteiger charge is 2.02. The Morgan fingerprint density at radius 3 is 2.38 bits per heavy atom. The standard InChI is InChI=1S/C18H24N2O/c1-13(2)19-11-16-6-5-7-17(20-16)12-21-18-9-14(3)8-15(4)10-18/h5-10,13,19H,11-12H2,1-4H3. The summed E-state index contributed by atoms with van der Waals surface area (Å²) in [5, 5.41) is 3.37. The molecule has 112 valence electrons. The van der Waals surface area contributed by atoms with Gasteiger partial charge in [0.05, 0.1) is 11.4 Å². The van der Waals surface area contributed by atoms with Crippen LogP contribution in [0.25, 0.3) is 0 Å². The summed E-state index contributed by atoms with van der Waals surface area (Å²) in [5.41, 5.74) is 4.43. The maximum absolute atomic E-state index is 5.85. The van der Waals surface area contributed by atoms with Gasteiger partial charge in [0.2, 0.25) is 0 Å². The van der Waals surface area contributed by atoms with Crippen molar-refractivity contribution in [1.82, 2.24) is 10.3 Å². The van der Waals surface area contributed by atoms with Crippen molar-refractivity contribution in [1.29, 1.82) is 0 Å². The molecule has 0 saturated carbocycles. The fourth-order valence-electron chi connectivity index (χ4n) is 2.19. The topological polar surface area (TPSA) is 34.1 Å². The molecule has 0 radical (unpaired) electrons. The van der Waals surface area contributed by atoms with E-state index in [0.717, 1.165) is 23.7 Å². The van der Waals surface area contributed by atoms with Gasteiger partial charge in [-0.05, 0) is 49.2 Å². The van der Waals surface area contributed by atoms with Gasteiger partial charge in [0, 0.05) is 12.6 Å². The van der Waals surface area contributed by atoms with Crippen LogP contribution in [0, 0.1) is 13.8 Å². The number of nitrogens with zero attached hydrogens (tertiary/aromatic N) is 1. The van der Waals surface area contributed by atoms with Crippen LogP contribution in [0.4, 0.5) is 0 Å². The minimum Gasteiger partial charge on any atom is -0.487 e. The Hall–Kier alpha value is -1.87. The van der Waals surface area contributed by atoms with Gasteiger partial charge in [-0.2, -0.15) is 0 Å². The van der Waals surface area contributed by atoms with Crippen LogP contribution in [0.5, 0.6) is 5.75 Å². The first-order valence-corrected chi connectivity index (χ1v) is 7.42. The van der Waals surface area contributed by atoms with Gasteiger partial charge in [-0.25, -0.2) is 0 Å². The Bertz CT molecular complexity index is 573. The van der Waals surface area contributed by atoms with Crippen molar-refractivity contribution in [2.24, 2.45) is 0 Å². The maximum Gasteiger partial charge on any atom is 0.130 e. The number of aromatic nitrogens is 1. The summed E-state index contributed by atoms with van der Waals surface area (Å²) >= 11 is 0. The van der Waals surface area contributed by atoms with Crippen molar-refractivity contribution < 1.29 is 4.74 Å². The molecule has 0 atom stereocenters. The third-order valence-electron chi connectivity index (χ3n) is 3.14. The molecule has 1 heterocycles. The molecule has 0 aliphatic carbocycles. The van der Waals surface area contributed by atoms with Crippen molar-refractivity contribution >= 4 is 0 Å². The number of pyridine rings is 1. The van der Waals surface area contributed by atoms with E-state index >= 15 is 0 Å². The quantitative estimate of drug-likeness (QED) is 0.876. The summed E-state index contributed by atoms with van der Waals surface area (Å²) in [6.45, 7) is 9.71. The lowest BCUT2D eigenvalue weighted by atomic mass is 10.1. The predicted octanol–water partition coefficient (Wildman–Crippen LogP) is 3.78. The Morgan fingerprint density at radius 2 is 1.71 bits per heavy atom. The predicted molar refractivity (Wildman–Crippen MR) is 86.5 cm³/mol. The number of hydrogen-bond donors (Lipinski definition) is 1. The molecule has 0 aliphatic heterocycles. The molecular weight excluding hydrogens is 260 g/mol. The van der Waals surface area contributed by atoms with Gasteiger partial charge in [0.1, 0.15) is 12.4 Å². The van der Waals surface area contributed by atoms with Crippen molar-refractivity contribution in [2.45, 2.75) is 46.9 Å². The van der Waals surface area contributed by atoms with Crippen LogP contribution in [-0.2, 0) is 13.2 Å². The Morgan fingerprint density at radius 1 is 1.05 bits per heavy atom. The first-order valence-electron chi connectivity index (χ1n) is 7.42. The normalized spacial score (nSPS) is 10.9. The number of hydrogen-bond acceptors (Lipinski definition) is 3. The molecule has 0 fully saturated rings. The Labute approximate surface area is 127 Å². The van der Waals surface area contributed by atoms with E-state index in [2.05, 4.69) is 56.2 Å². The second-order valence-electron chi connectivity index (χ2n) is 5.77. The zero-order valence-electron chi connectivity index (χ0n) is 13.3. The SMILES string of the molecule is Cc1cc(C)cc(OCc2cccc(CNC(C)C)n2)c1. The number of benzene rings is 1. The third-order valence-corrected chi connectivity index (χ3v) is 3.14. The highest BCUT2D eigenvalue weighted by atomic mass is 16.5. The highest BCUT2D eigenvalue weighted by Crippen LogP contribution is 2.17. The molecular formula is C18H24N2O. The second kappa shape index (κ2) is 7.23. The second-order valence-corrected chi connectivity index (χ2v) is 5.77. The molecule has 21 heavy (non-hydrogen) atoms. The summed E-state index contributed by atoms with van der Waals surface area (Å²) < 4.78 is 5.85. The minimum absolute atomic E-state index is 0.460. The molecule has 1 N–H and O–H groups in total. The molecule has 0 bridgehead atoms. The van der Waals surface area contributed by atoms with E-state index in [-0.39, 0.29) is 0 Å². The lowest BCUT2D eigenvalue weighted by molar-refractivity contribution is 0.300. The van der Waals surface area contributed by atoms with Crippen molar-refractivity contribution in [3.8, 4) is 5.75 Å². The van der Waals surface area contributed by atoms with Crippen LogP contribution in [-0.4, -0.2) is 11.0 Å². The number of ether oxygens (including phenoxy) is 1. The fraction of sp³-hybridized carbons (Fsp3) is 0.389. The first kappa shape index (κ1) is 15.5. The maximum atomic E-state index is 5.85. The number of aryl methyl sites for hydroxylation is 2. The van der Waals surface area contributed by atoms with Crippen molar-refractivity contribution in [2.75, 3.05) is 0 Å². The van der Waals surface area contributed by atoms with E-state index in [0.29, 0.717) is 12.6 Å². The average Bonchev–Trinajstić information content (AvgIpc) is 2.42. The smallest absolute Gasteiger partial charge is 0.130 e. The monoisotopic (exact) mass is 284 g/mol. The largest absolute Gasteiger partial charge is 0.487 e. The van der Waals surface area contributed by atoms with Crippen LogP contribution in [0.2, 0.25) is 0 Å². The van der Waals surface area contributed by atoms with E-state index in [1.54, 1.807) is 0 Å². The van der Waals surface area contributed by atoms with E-state index < -0.39 is 0 Å². The van der Waals surface area contributed by atoms with Gasteiger partial charge < -0.3 is 10.1 Å². The van der Waals surface area contributed by atoms with E-state index in [4.69, 9.17) is 4.74 Å². The summed E-state index contributed by atoms with van der Waals surface area (Å²) in [6, 6.07) is 12.8. The van der Waals surface area contributed by atoms with Gasteiger partial charge in [-0.3, -0.25) is 4.98 Å². The summed E-state index contributed by atoms with van der Waals surface area (Å²) in [7, 11) is 0. The molecule has 1 aromatic carbocycles. The molecule has 3 nitrogen and oxygen atoms in total. The zero-order valence-corrected chi connectivity index (χ0v) is 13.3. The Kier molecular flexibility index (Phi) is 5.34. The molecule has 0 spiro atoms. The number of rotatable bonds is 6. The van der Waals surface area contributed by atoms with Crippen molar-refractivity contribution in [3.63, 3.8) is 0 Å². The minimum atomic E-state index is 0.460. The molecule has 1 aromatic heterocycles. The molecule has 2 rings (SSSR count). The lowest BCUT2D eigenvalue weighted by Gasteiger charge is -2.10. The highest BCUT2D eigenvalue weighted by molar-refractivity contribution is 5.33. The van der Waals surface area contributed by atoms with Gasteiger partial charge in [0.15, 0.2) is 0 Å². The third kappa shape index (κ3) is 5.20. The first-order chi connectivity index (χ1) is 10.0. The van der Waals surface area contributed by atoms with Gasteiger partial charge in [-0.1, -0.05) is 26.0 Å². The zero-order chi connectivity index (χ0) is 15.2. The van der Waals surface area contributed by atoms with Crippen LogP contribution >= 0.6 is 0 Å². The summed E-state index contributed by atoms with van der Waals surface area (Å²) in [4.78, 5) is 4.62. The molecule has 0 unspecified atom stereocenters. The van der Waals surface area contributed by atoms with E-state index in [1.807, 2.05) is 18.2 Å². The van der Waals surface area contributed by atoms with Gasteiger partial charge >= 0.3 is 0 Å². The molecule has 3 heteroatoms. The van der Waals surface area contributed by atoms with Crippen LogP contribution in [0.1, 0.15) is 36.4 Å². The van der Waals surface area contributed by atoms with Crippen LogP contribution in [0.15, 0.2) is 36.4 Å². The summed E-state index contributed by atoms with van der Waals surface area (Å²) in [5.74, 6) is 0.903. The number of nitrogens with one attached hydrogen (secondary N) is 1. The summed E-state index contributed by atoms with van der Waals surface area (Å²) in [6.07, 6.45) is 0. The average molecular weight is 284 g/mol. The molecule has 2 aromatic rings. The van der Waals surface area contributed by atoms with Gasteiger partial charge in [-0.15, -0.1) is 0 Å². The molecule has 0 aliphatic rings. The van der Waals surface area contributed by atoms with Crippen LogP contribution in [0.3, 0.4) is 0 Å².